The molecule has 2 aromatic rings. The standard InChI is InChI=1S/C23H26FNO2/c24-20-10-8-19(9-11-20)23(12-4-1-5-13-23)22(26)25-15-17-14-18-6-2-3-7-21(18)27-16-17/h2-3,6-11,17H,1,4-5,12-16H2,(H,25,26)/t17-/m0/s1. The van der Waals surface area contributed by atoms with Gasteiger partial charge in [-0.05, 0) is 48.6 Å². The SMILES string of the molecule is O=C(NC[C@H]1COc2ccccc2C1)C1(c2ccc(F)cc2)CCCCC1. The zero-order chi connectivity index (χ0) is 18.7. The number of carbonyl (C=O) groups excluding carboxylic acids is 1. The van der Waals surface area contributed by atoms with Gasteiger partial charge in [0.05, 0.1) is 12.0 Å². The molecule has 2 aliphatic rings. The van der Waals surface area contributed by atoms with Gasteiger partial charge >= 0.3 is 0 Å². The summed E-state index contributed by atoms with van der Waals surface area (Å²) >= 11 is 0. The molecule has 4 heteroatoms. The summed E-state index contributed by atoms with van der Waals surface area (Å²) in [6.07, 6.45) is 5.79. The minimum atomic E-state index is -0.528. The Morgan fingerprint density at radius 1 is 1.07 bits per heavy atom. The van der Waals surface area contributed by atoms with Crippen molar-refractivity contribution in [3.63, 3.8) is 0 Å². The summed E-state index contributed by atoms with van der Waals surface area (Å²) < 4.78 is 19.2. The molecule has 0 unspecified atom stereocenters. The second-order valence-electron chi connectivity index (χ2n) is 7.85. The smallest absolute Gasteiger partial charge is 0.230 e. The fourth-order valence-corrected chi connectivity index (χ4v) is 4.50. The molecule has 2 aromatic carbocycles. The first kappa shape index (κ1) is 18.0. The predicted molar refractivity (Wildman–Crippen MR) is 103 cm³/mol. The molecule has 0 saturated heterocycles. The Kier molecular flexibility index (Phi) is 5.15. The van der Waals surface area contributed by atoms with E-state index < -0.39 is 5.41 Å². The van der Waals surface area contributed by atoms with E-state index in [9.17, 15) is 9.18 Å². The molecule has 27 heavy (non-hydrogen) atoms. The summed E-state index contributed by atoms with van der Waals surface area (Å²) in [6, 6.07) is 14.6. The number of fused-ring (bicyclic) bond motifs is 1. The lowest BCUT2D eigenvalue weighted by molar-refractivity contribution is -0.128. The average molecular weight is 367 g/mol. The third-order valence-electron chi connectivity index (χ3n) is 6.05. The van der Waals surface area contributed by atoms with Crippen LogP contribution in [0.3, 0.4) is 0 Å². The molecule has 3 nitrogen and oxygen atoms in total. The highest BCUT2D eigenvalue weighted by molar-refractivity contribution is 5.88. The molecule has 1 atom stereocenters. The first-order chi connectivity index (χ1) is 13.2. The van der Waals surface area contributed by atoms with Crippen molar-refractivity contribution >= 4 is 5.91 Å². The quantitative estimate of drug-likeness (QED) is 0.870. The minimum Gasteiger partial charge on any atom is -0.493 e. The number of amides is 1. The second-order valence-corrected chi connectivity index (χ2v) is 7.85. The van der Waals surface area contributed by atoms with Crippen molar-refractivity contribution in [2.75, 3.05) is 13.2 Å². The number of halogens is 1. The number of hydrogen-bond donors (Lipinski definition) is 1. The number of nitrogens with one attached hydrogen (secondary N) is 1. The van der Waals surface area contributed by atoms with Crippen molar-refractivity contribution in [3.05, 3.63) is 65.5 Å². The van der Waals surface area contributed by atoms with E-state index in [1.807, 2.05) is 18.2 Å². The maximum absolute atomic E-state index is 13.4. The molecule has 1 saturated carbocycles. The summed E-state index contributed by atoms with van der Waals surface area (Å²) in [7, 11) is 0. The Balaban J connectivity index is 1.46. The van der Waals surface area contributed by atoms with E-state index in [4.69, 9.17) is 4.74 Å². The second kappa shape index (κ2) is 7.71. The lowest BCUT2D eigenvalue weighted by Gasteiger charge is -2.37. The third kappa shape index (κ3) is 3.71. The van der Waals surface area contributed by atoms with E-state index in [0.29, 0.717) is 13.2 Å². The van der Waals surface area contributed by atoms with Crippen LogP contribution < -0.4 is 10.1 Å². The van der Waals surface area contributed by atoms with Gasteiger partial charge in [0.25, 0.3) is 0 Å². The maximum Gasteiger partial charge on any atom is 0.230 e. The highest BCUT2D eigenvalue weighted by Crippen LogP contribution is 2.40. The van der Waals surface area contributed by atoms with Crippen LogP contribution in [0, 0.1) is 11.7 Å². The van der Waals surface area contributed by atoms with Crippen molar-refractivity contribution in [3.8, 4) is 5.75 Å². The van der Waals surface area contributed by atoms with E-state index in [1.54, 1.807) is 12.1 Å². The lowest BCUT2D eigenvalue weighted by Crippen LogP contribution is -2.48. The maximum atomic E-state index is 13.4. The minimum absolute atomic E-state index is 0.0765. The van der Waals surface area contributed by atoms with E-state index >= 15 is 0 Å². The van der Waals surface area contributed by atoms with Crippen LogP contribution in [0.15, 0.2) is 48.5 Å². The Morgan fingerprint density at radius 3 is 2.59 bits per heavy atom. The molecule has 1 aliphatic carbocycles. The molecule has 1 aliphatic heterocycles. The van der Waals surface area contributed by atoms with Crippen molar-refractivity contribution in [2.45, 2.75) is 43.9 Å². The number of rotatable bonds is 4. The van der Waals surface area contributed by atoms with E-state index in [2.05, 4.69) is 11.4 Å². The molecular formula is C23H26FNO2. The number of benzene rings is 2. The normalized spacial score (nSPS) is 21.0. The number of hydrogen-bond acceptors (Lipinski definition) is 2. The van der Waals surface area contributed by atoms with Gasteiger partial charge in [0.15, 0.2) is 0 Å². The van der Waals surface area contributed by atoms with Gasteiger partial charge in [-0.3, -0.25) is 4.79 Å². The number of para-hydroxylation sites is 1. The fourth-order valence-electron chi connectivity index (χ4n) is 4.50. The van der Waals surface area contributed by atoms with Crippen LogP contribution >= 0.6 is 0 Å². The molecule has 1 heterocycles. The van der Waals surface area contributed by atoms with Crippen molar-refractivity contribution in [1.29, 1.82) is 0 Å². The average Bonchev–Trinajstić information content (AvgIpc) is 2.73. The number of ether oxygens (including phenoxy) is 1. The monoisotopic (exact) mass is 367 g/mol. The molecule has 1 fully saturated rings. The summed E-state index contributed by atoms with van der Waals surface area (Å²) in [5.41, 5.74) is 1.61. The van der Waals surface area contributed by atoms with Crippen LogP contribution in [0.2, 0.25) is 0 Å². The van der Waals surface area contributed by atoms with Gasteiger partial charge in [-0.15, -0.1) is 0 Å². The van der Waals surface area contributed by atoms with Crippen LogP contribution in [-0.2, 0) is 16.6 Å². The van der Waals surface area contributed by atoms with Gasteiger partial charge in [0.1, 0.15) is 11.6 Å². The Morgan fingerprint density at radius 2 is 1.81 bits per heavy atom. The van der Waals surface area contributed by atoms with Gasteiger partial charge in [-0.1, -0.05) is 49.6 Å². The van der Waals surface area contributed by atoms with Gasteiger partial charge in [-0.2, -0.15) is 0 Å². The first-order valence-corrected chi connectivity index (χ1v) is 9.92. The van der Waals surface area contributed by atoms with Gasteiger partial charge in [0.2, 0.25) is 5.91 Å². The molecule has 0 radical (unpaired) electrons. The summed E-state index contributed by atoms with van der Waals surface area (Å²) in [5, 5.41) is 3.19. The molecule has 1 N–H and O–H groups in total. The molecule has 0 aromatic heterocycles. The van der Waals surface area contributed by atoms with Crippen LogP contribution in [0.1, 0.15) is 43.2 Å². The predicted octanol–water partition coefficient (Wildman–Crippen LogP) is 4.40. The zero-order valence-electron chi connectivity index (χ0n) is 15.5. The summed E-state index contributed by atoms with van der Waals surface area (Å²) in [5.74, 6) is 1.05. The van der Waals surface area contributed by atoms with Gasteiger partial charge in [-0.25, -0.2) is 4.39 Å². The van der Waals surface area contributed by atoms with Crippen LogP contribution in [0.4, 0.5) is 4.39 Å². The third-order valence-corrected chi connectivity index (χ3v) is 6.05. The summed E-state index contributed by atoms with van der Waals surface area (Å²) in [4.78, 5) is 13.2. The molecule has 0 spiro atoms. The Labute approximate surface area is 159 Å². The Bertz CT molecular complexity index is 796. The van der Waals surface area contributed by atoms with Crippen LogP contribution in [0.25, 0.3) is 0 Å². The van der Waals surface area contributed by atoms with E-state index in [1.165, 1.54) is 17.7 Å². The highest BCUT2D eigenvalue weighted by Gasteiger charge is 2.41. The molecule has 142 valence electrons. The largest absolute Gasteiger partial charge is 0.493 e. The molecule has 4 rings (SSSR count). The van der Waals surface area contributed by atoms with Gasteiger partial charge in [0, 0.05) is 12.5 Å². The zero-order valence-corrected chi connectivity index (χ0v) is 15.5. The topological polar surface area (TPSA) is 38.3 Å². The lowest BCUT2D eigenvalue weighted by atomic mass is 9.68. The fraction of sp³-hybridized carbons (Fsp3) is 0.435. The van der Waals surface area contributed by atoms with Crippen molar-refractivity contribution in [1.82, 2.24) is 5.32 Å². The van der Waals surface area contributed by atoms with Crippen molar-refractivity contribution < 1.29 is 13.9 Å². The molecule has 1 amide bonds. The Hall–Kier alpha value is -2.36. The molecule has 0 bridgehead atoms. The van der Waals surface area contributed by atoms with Gasteiger partial charge < -0.3 is 10.1 Å². The van der Waals surface area contributed by atoms with E-state index in [-0.39, 0.29) is 17.6 Å². The van der Waals surface area contributed by atoms with Crippen molar-refractivity contribution in [2.24, 2.45) is 5.92 Å². The van der Waals surface area contributed by atoms with Crippen LogP contribution in [0.5, 0.6) is 5.75 Å². The highest BCUT2D eigenvalue weighted by atomic mass is 19.1. The first-order valence-electron chi connectivity index (χ1n) is 9.92. The summed E-state index contributed by atoms with van der Waals surface area (Å²) in [6.45, 7) is 1.23. The van der Waals surface area contributed by atoms with Crippen LogP contribution in [-0.4, -0.2) is 19.1 Å². The number of carbonyl (C=O) groups is 1. The molecular weight excluding hydrogens is 341 g/mol. The van der Waals surface area contributed by atoms with E-state index in [0.717, 1.165) is 49.8 Å².